The molecule has 0 bridgehead atoms. The Morgan fingerprint density at radius 1 is 1.18 bits per heavy atom. The van der Waals surface area contributed by atoms with Gasteiger partial charge in [0.05, 0.1) is 18.9 Å². The minimum absolute atomic E-state index is 0.348. The van der Waals surface area contributed by atoms with E-state index in [2.05, 4.69) is 28.7 Å². The molecule has 1 aromatic rings. The van der Waals surface area contributed by atoms with Crippen LogP contribution < -0.4 is 4.90 Å². The van der Waals surface area contributed by atoms with Crippen molar-refractivity contribution in [3.05, 3.63) is 16.5 Å². The quantitative estimate of drug-likeness (QED) is 0.776. The Morgan fingerprint density at radius 2 is 1.88 bits per heavy atom. The molecule has 0 aromatic carbocycles. The number of rotatable bonds is 3. The molecule has 0 saturated carbocycles. The van der Waals surface area contributed by atoms with E-state index >= 15 is 0 Å². The predicted octanol–water partition coefficient (Wildman–Crippen LogP) is 2.09. The summed E-state index contributed by atoms with van der Waals surface area (Å²) >= 11 is 6.00. The molecule has 0 aliphatic carbocycles. The van der Waals surface area contributed by atoms with Crippen LogP contribution in [-0.4, -0.2) is 36.3 Å². The van der Waals surface area contributed by atoms with E-state index in [9.17, 15) is 0 Å². The van der Waals surface area contributed by atoms with Gasteiger partial charge in [0.2, 0.25) is 5.28 Å². The topological polar surface area (TPSA) is 38.2 Å². The van der Waals surface area contributed by atoms with Gasteiger partial charge < -0.3 is 9.64 Å². The first-order valence-corrected chi connectivity index (χ1v) is 6.52. The van der Waals surface area contributed by atoms with Crippen molar-refractivity contribution in [1.29, 1.82) is 0 Å². The van der Waals surface area contributed by atoms with Gasteiger partial charge >= 0.3 is 0 Å². The van der Waals surface area contributed by atoms with Crippen LogP contribution in [0.25, 0.3) is 0 Å². The third kappa shape index (κ3) is 2.69. The largest absolute Gasteiger partial charge is 0.378 e. The van der Waals surface area contributed by atoms with Crippen LogP contribution in [0.4, 0.5) is 5.82 Å². The maximum absolute atomic E-state index is 6.00. The normalized spacial score (nSPS) is 16.3. The molecule has 1 fully saturated rings. The molecule has 94 valence electrons. The fraction of sp³-hybridized carbons (Fsp3) is 0.667. The zero-order chi connectivity index (χ0) is 12.3. The Balaban J connectivity index is 2.39. The third-order valence-electron chi connectivity index (χ3n) is 3.04. The monoisotopic (exact) mass is 255 g/mol. The van der Waals surface area contributed by atoms with E-state index in [0.29, 0.717) is 5.28 Å². The summed E-state index contributed by atoms with van der Waals surface area (Å²) in [5, 5.41) is 0.348. The van der Waals surface area contributed by atoms with Crippen LogP contribution in [0.2, 0.25) is 5.28 Å². The van der Waals surface area contributed by atoms with Crippen LogP contribution in [0.15, 0.2) is 0 Å². The van der Waals surface area contributed by atoms with Crippen molar-refractivity contribution in [2.75, 3.05) is 31.2 Å². The summed E-state index contributed by atoms with van der Waals surface area (Å²) < 4.78 is 5.36. The highest BCUT2D eigenvalue weighted by atomic mass is 35.5. The van der Waals surface area contributed by atoms with Crippen LogP contribution in [0, 0.1) is 0 Å². The van der Waals surface area contributed by atoms with Gasteiger partial charge in [0.15, 0.2) is 0 Å². The highest BCUT2D eigenvalue weighted by Crippen LogP contribution is 2.24. The maximum Gasteiger partial charge on any atom is 0.224 e. The molecule has 1 saturated heterocycles. The number of aryl methyl sites for hydroxylation is 1. The molecule has 0 N–H and O–H groups in total. The summed E-state index contributed by atoms with van der Waals surface area (Å²) in [6, 6.07) is 0. The van der Waals surface area contributed by atoms with Crippen molar-refractivity contribution in [3.8, 4) is 0 Å². The van der Waals surface area contributed by atoms with Crippen LogP contribution >= 0.6 is 11.6 Å². The summed E-state index contributed by atoms with van der Waals surface area (Å²) in [6.07, 6.45) is 1.83. The highest BCUT2D eigenvalue weighted by Gasteiger charge is 2.19. The maximum atomic E-state index is 6.00. The van der Waals surface area contributed by atoms with E-state index in [4.69, 9.17) is 16.3 Å². The fourth-order valence-corrected chi connectivity index (χ4v) is 2.36. The number of hydrogen-bond donors (Lipinski definition) is 0. The number of ether oxygens (including phenoxy) is 1. The molecule has 1 aliphatic heterocycles. The number of anilines is 1. The van der Waals surface area contributed by atoms with E-state index < -0.39 is 0 Å². The van der Waals surface area contributed by atoms with E-state index in [0.717, 1.165) is 50.7 Å². The number of morpholine rings is 1. The first kappa shape index (κ1) is 12.6. The van der Waals surface area contributed by atoms with Crippen molar-refractivity contribution >= 4 is 17.4 Å². The molecule has 1 aromatic heterocycles. The summed E-state index contributed by atoms with van der Waals surface area (Å²) in [6.45, 7) is 7.50. The molecule has 0 atom stereocenters. The lowest BCUT2D eigenvalue weighted by atomic mass is 10.1. The molecule has 0 radical (unpaired) electrons. The van der Waals surface area contributed by atoms with Crippen LogP contribution in [0.3, 0.4) is 0 Å². The Morgan fingerprint density at radius 3 is 2.47 bits per heavy atom. The van der Waals surface area contributed by atoms with Gasteiger partial charge in [-0.05, 0) is 24.4 Å². The van der Waals surface area contributed by atoms with E-state index in [1.54, 1.807) is 0 Å². The summed E-state index contributed by atoms with van der Waals surface area (Å²) in [7, 11) is 0. The van der Waals surface area contributed by atoms with Crippen LogP contribution in [-0.2, 0) is 17.6 Å². The van der Waals surface area contributed by atoms with E-state index in [1.807, 2.05) is 0 Å². The molecular weight excluding hydrogens is 238 g/mol. The van der Waals surface area contributed by atoms with E-state index in [1.165, 1.54) is 5.56 Å². The summed E-state index contributed by atoms with van der Waals surface area (Å²) in [5.41, 5.74) is 2.28. The Labute approximate surface area is 107 Å². The number of halogens is 1. The minimum atomic E-state index is 0.348. The smallest absolute Gasteiger partial charge is 0.224 e. The second-order valence-corrected chi connectivity index (χ2v) is 4.39. The Kier molecular flexibility index (Phi) is 4.18. The average Bonchev–Trinajstić information content (AvgIpc) is 2.38. The van der Waals surface area contributed by atoms with Crippen molar-refractivity contribution in [2.45, 2.75) is 26.7 Å². The van der Waals surface area contributed by atoms with Gasteiger partial charge in [0.1, 0.15) is 5.82 Å². The second kappa shape index (κ2) is 5.65. The zero-order valence-corrected chi connectivity index (χ0v) is 11.1. The number of aromatic nitrogens is 2. The van der Waals surface area contributed by atoms with Crippen molar-refractivity contribution < 1.29 is 4.74 Å². The molecule has 0 unspecified atom stereocenters. The molecule has 0 amide bonds. The summed E-state index contributed by atoms with van der Waals surface area (Å²) in [5.74, 6) is 0.993. The SMILES string of the molecule is CCc1nc(Cl)nc(N2CCOCC2)c1CC. The first-order chi connectivity index (χ1) is 8.26. The van der Waals surface area contributed by atoms with Gasteiger partial charge in [0.25, 0.3) is 0 Å². The molecule has 4 nitrogen and oxygen atoms in total. The van der Waals surface area contributed by atoms with Crippen molar-refractivity contribution in [3.63, 3.8) is 0 Å². The first-order valence-electron chi connectivity index (χ1n) is 6.14. The molecule has 17 heavy (non-hydrogen) atoms. The molecule has 0 spiro atoms. The average molecular weight is 256 g/mol. The minimum Gasteiger partial charge on any atom is -0.378 e. The van der Waals surface area contributed by atoms with Gasteiger partial charge in [-0.25, -0.2) is 9.97 Å². The Hall–Kier alpha value is -0.870. The fourth-order valence-electron chi connectivity index (χ4n) is 2.18. The van der Waals surface area contributed by atoms with Gasteiger partial charge in [-0.15, -0.1) is 0 Å². The van der Waals surface area contributed by atoms with Gasteiger partial charge in [-0.3, -0.25) is 0 Å². The molecule has 1 aliphatic rings. The zero-order valence-electron chi connectivity index (χ0n) is 10.4. The third-order valence-corrected chi connectivity index (χ3v) is 3.21. The molecule has 2 heterocycles. The Bertz CT molecular complexity index is 392. The predicted molar refractivity (Wildman–Crippen MR) is 68.8 cm³/mol. The lowest BCUT2D eigenvalue weighted by molar-refractivity contribution is 0.122. The molecule has 5 heteroatoms. The lowest BCUT2D eigenvalue weighted by Gasteiger charge is -2.30. The summed E-state index contributed by atoms with van der Waals surface area (Å²) in [4.78, 5) is 11.0. The second-order valence-electron chi connectivity index (χ2n) is 4.05. The van der Waals surface area contributed by atoms with Gasteiger partial charge in [-0.1, -0.05) is 13.8 Å². The van der Waals surface area contributed by atoms with Crippen LogP contribution in [0.5, 0.6) is 0 Å². The van der Waals surface area contributed by atoms with Crippen molar-refractivity contribution in [2.24, 2.45) is 0 Å². The molecular formula is C12H18ClN3O. The van der Waals surface area contributed by atoms with Crippen molar-refractivity contribution in [1.82, 2.24) is 9.97 Å². The van der Waals surface area contributed by atoms with Crippen LogP contribution in [0.1, 0.15) is 25.1 Å². The van der Waals surface area contributed by atoms with E-state index in [-0.39, 0.29) is 0 Å². The standard InChI is InChI=1S/C12H18ClN3O/c1-3-9-10(4-2)14-12(13)15-11(9)16-5-7-17-8-6-16/h3-8H2,1-2H3. The van der Waals surface area contributed by atoms with Gasteiger partial charge in [0, 0.05) is 18.7 Å². The highest BCUT2D eigenvalue weighted by molar-refractivity contribution is 6.28. The molecule has 2 rings (SSSR count). The van der Waals surface area contributed by atoms with Gasteiger partial charge in [-0.2, -0.15) is 0 Å². The number of hydrogen-bond acceptors (Lipinski definition) is 4. The number of nitrogens with zero attached hydrogens (tertiary/aromatic N) is 3. The lowest BCUT2D eigenvalue weighted by Crippen LogP contribution is -2.37.